The van der Waals surface area contributed by atoms with Gasteiger partial charge in [-0.25, -0.2) is 0 Å². The number of halogens is 1. The topological polar surface area (TPSA) is 29.5 Å². The van der Waals surface area contributed by atoms with Crippen molar-refractivity contribution in [2.45, 2.75) is 19.4 Å². The highest BCUT2D eigenvalue weighted by molar-refractivity contribution is 9.10. The van der Waals surface area contributed by atoms with Crippen LogP contribution >= 0.6 is 15.9 Å². The fourth-order valence-electron chi connectivity index (χ4n) is 2.01. The summed E-state index contributed by atoms with van der Waals surface area (Å²) in [5.41, 5.74) is 0.615. The molecule has 0 bridgehead atoms. The molecule has 0 amide bonds. The molecule has 2 aromatic rings. The summed E-state index contributed by atoms with van der Waals surface area (Å²) in [4.78, 5) is 0. The van der Waals surface area contributed by atoms with Crippen molar-refractivity contribution in [3.8, 4) is 5.75 Å². The summed E-state index contributed by atoms with van der Waals surface area (Å²) in [6.45, 7) is 4.35. The molecule has 0 heterocycles. The number of ether oxygens (including phenoxy) is 1. The Kier molecular flexibility index (Phi) is 4.27. The quantitative estimate of drug-likeness (QED) is 0.918. The third kappa shape index (κ3) is 3.17. The van der Waals surface area contributed by atoms with Gasteiger partial charge < -0.3 is 9.84 Å². The van der Waals surface area contributed by atoms with Crippen LogP contribution in [0.5, 0.6) is 5.75 Å². The van der Waals surface area contributed by atoms with E-state index in [0.717, 1.165) is 21.3 Å². The minimum atomic E-state index is -1.04. The van der Waals surface area contributed by atoms with Crippen molar-refractivity contribution in [2.24, 2.45) is 0 Å². The second-order valence-corrected chi connectivity index (χ2v) is 5.46. The van der Waals surface area contributed by atoms with Crippen molar-refractivity contribution in [1.82, 2.24) is 0 Å². The van der Waals surface area contributed by atoms with Crippen molar-refractivity contribution < 1.29 is 9.84 Å². The zero-order chi connectivity index (χ0) is 13.9. The molecule has 0 spiro atoms. The summed E-state index contributed by atoms with van der Waals surface area (Å²) < 4.78 is 6.43. The second kappa shape index (κ2) is 5.76. The van der Waals surface area contributed by atoms with Gasteiger partial charge in [0.25, 0.3) is 0 Å². The number of hydrogen-bond acceptors (Lipinski definition) is 2. The number of hydrogen-bond donors (Lipinski definition) is 1. The van der Waals surface area contributed by atoms with E-state index in [2.05, 4.69) is 15.9 Å². The van der Waals surface area contributed by atoms with Gasteiger partial charge in [-0.15, -0.1) is 0 Å². The van der Waals surface area contributed by atoms with Gasteiger partial charge in [-0.2, -0.15) is 0 Å². The van der Waals surface area contributed by atoms with Gasteiger partial charge in [0.15, 0.2) is 0 Å². The predicted molar refractivity (Wildman–Crippen MR) is 80.4 cm³/mol. The molecule has 0 fully saturated rings. The summed E-state index contributed by atoms with van der Waals surface area (Å²) >= 11 is 3.43. The van der Waals surface area contributed by atoms with Gasteiger partial charge in [0.05, 0.1) is 6.61 Å². The van der Waals surface area contributed by atoms with E-state index < -0.39 is 5.60 Å². The minimum Gasteiger partial charge on any atom is -0.494 e. The Hall–Kier alpha value is -1.32. The Balaban J connectivity index is 2.41. The van der Waals surface area contributed by atoms with E-state index in [1.807, 2.05) is 55.5 Å². The maximum atomic E-state index is 10.8. The Morgan fingerprint density at radius 3 is 2.37 bits per heavy atom. The van der Waals surface area contributed by atoms with E-state index in [1.54, 1.807) is 6.92 Å². The van der Waals surface area contributed by atoms with Gasteiger partial charge >= 0.3 is 0 Å². The van der Waals surface area contributed by atoms with E-state index in [4.69, 9.17) is 4.74 Å². The fraction of sp³-hybridized carbons (Fsp3) is 0.250. The summed E-state index contributed by atoms with van der Waals surface area (Å²) in [5.74, 6) is 0.773. The standard InChI is InChI=1S/C16H17BrO2/c1-3-19-15-9-5-7-13(11-15)16(2,18)12-6-4-8-14(17)10-12/h4-11,18H,3H2,1-2H3. The first-order valence-electron chi connectivity index (χ1n) is 6.26. The molecule has 19 heavy (non-hydrogen) atoms. The molecular formula is C16H17BrO2. The van der Waals surface area contributed by atoms with Crippen molar-refractivity contribution in [2.75, 3.05) is 6.61 Å². The predicted octanol–water partition coefficient (Wildman–Crippen LogP) is 4.10. The largest absolute Gasteiger partial charge is 0.494 e. The molecule has 0 aliphatic rings. The van der Waals surface area contributed by atoms with Crippen molar-refractivity contribution in [1.29, 1.82) is 0 Å². The van der Waals surface area contributed by atoms with Gasteiger partial charge in [0.2, 0.25) is 0 Å². The molecule has 1 atom stereocenters. The molecule has 0 aromatic heterocycles. The van der Waals surface area contributed by atoms with Crippen LogP contribution in [-0.4, -0.2) is 11.7 Å². The van der Waals surface area contributed by atoms with Gasteiger partial charge in [-0.1, -0.05) is 40.2 Å². The van der Waals surface area contributed by atoms with Crippen LogP contribution in [0.1, 0.15) is 25.0 Å². The first-order valence-corrected chi connectivity index (χ1v) is 7.05. The van der Waals surface area contributed by atoms with Crippen LogP contribution in [0.2, 0.25) is 0 Å². The molecule has 0 saturated heterocycles. The van der Waals surface area contributed by atoms with Crippen LogP contribution in [0.3, 0.4) is 0 Å². The average molecular weight is 321 g/mol. The molecule has 0 saturated carbocycles. The molecule has 1 unspecified atom stereocenters. The Morgan fingerprint density at radius 1 is 1.11 bits per heavy atom. The highest BCUT2D eigenvalue weighted by Crippen LogP contribution is 2.32. The monoisotopic (exact) mass is 320 g/mol. The number of benzene rings is 2. The Bertz CT molecular complexity index is 564. The van der Waals surface area contributed by atoms with Crippen molar-refractivity contribution in [3.63, 3.8) is 0 Å². The molecule has 1 N–H and O–H groups in total. The van der Waals surface area contributed by atoms with Gasteiger partial charge in [-0.3, -0.25) is 0 Å². The summed E-state index contributed by atoms with van der Waals surface area (Å²) in [5, 5.41) is 10.8. The molecule has 2 rings (SSSR count). The van der Waals surface area contributed by atoms with Crippen LogP contribution in [0.15, 0.2) is 53.0 Å². The molecule has 2 aromatic carbocycles. The van der Waals surface area contributed by atoms with Crippen LogP contribution in [0.4, 0.5) is 0 Å². The second-order valence-electron chi connectivity index (χ2n) is 4.54. The number of aliphatic hydroxyl groups is 1. The smallest absolute Gasteiger partial charge is 0.119 e. The van der Waals surface area contributed by atoms with Gasteiger partial charge in [-0.05, 0) is 49.2 Å². The summed E-state index contributed by atoms with van der Waals surface area (Å²) in [7, 11) is 0. The number of rotatable bonds is 4. The van der Waals surface area contributed by atoms with Gasteiger partial charge in [0.1, 0.15) is 11.4 Å². The van der Waals surface area contributed by atoms with Crippen molar-refractivity contribution in [3.05, 3.63) is 64.1 Å². The average Bonchev–Trinajstić information content (AvgIpc) is 2.39. The Morgan fingerprint density at radius 2 is 1.74 bits per heavy atom. The Labute approximate surface area is 122 Å². The lowest BCUT2D eigenvalue weighted by molar-refractivity contribution is 0.102. The third-order valence-electron chi connectivity index (χ3n) is 3.09. The third-order valence-corrected chi connectivity index (χ3v) is 3.59. The van der Waals surface area contributed by atoms with E-state index in [-0.39, 0.29) is 0 Å². The van der Waals surface area contributed by atoms with E-state index in [9.17, 15) is 5.11 Å². The normalized spacial score (nSPS) is 13.9. The molecular weight excluding hydrogens is 304 g/mol. The lowest BCUT2D eigenvalue weighted by Crippen LogP contribution is -2.22. The summed E-state index contributed by atoms with van der Waals surface area (Å²) in [6, 6.07) is 15.3. The molecule has 100 valence electrons. The van der Waals surface area contributed by atoms with Crippen molar-refractivity contribution >= 4 is 15.9 Å². The van der Waals surface area contributed by atoms with Crippen LogP contribution in [0, 0.1) is 0 Å². The first kappa shape index (κ1) is 14.1. The molecule has 3 heteroatoms. The first-order chi connectivity index (χ1) is 9.04. The zero-order valence-electron chi connectivity index (χ0n) is 11.1. The SMILES string of the molecule is CCOc1cccc(C(C)(O)c2cccc(Br)c2)c1. The van der Waals surface area contributed by atoms with E-state index in [1.165, 1.54) is 0 Å². The molecule has 0 aliphatic heterocycles. The fourth-order valence-corrected chi connectivity index (χ4v) is 2.41. The molecule has 0 radical (unpaired) electrons. The van der Waals surface area contributed by atoms with Crippen LogP contribution in [-0.2, 0) is 5.60 Å². The molecule has 2 nitrogen and oxygen atoms in total. The maximum Gasteiger partial charge on any atom is 0.119 e. The maximum absolute atomic E-state index is 10.8. The van der Waals surface area contributed by atoms with E-state index >= 15 is 0 Å². The highest BCUT2D eigenvalue weighted by atomic mass is 79.9. The van der Waals surface area contributed by atoms with E-state index in [0.29, 0.717) is 6.61 Å². The lowest BCUT2D eigenvalue weighted by Gasteiger charge is -2.25. The van der Waals surface area contributed by atoms with Gasteiger partial charge in [0, 0.05) is 4.47 Å². The molecule has 0 aliphatic carbocycles. The summed E-state index contributed by atoms with van der Waals surface area (Å²) in [6.07, 6.45) is 0. The minimum absolute atomic E-state index is 0.614. The lowest BCUT2D eigenvalue weighted by atomic mass is 9.88. The zero-order valence-corrected chi connectivity index (χ0v) is 12.6. The highest BCUT2D eigenvalue weighted by Gasteiger charge is 2.26. The van der Waals surface area contributed by atoms with Crippen LogP contribution in [0.25, 0.3) is 0 Å². The van der Waals surface area contributed by atoms with Crippen LogP contribution < -0.4 is 4.74 Å².